The standard InChI is InChI=1S/C9H13NO/c1-5-10(6-2)8(3)9(4)7-11-9/h5-6H,1-3,7H2,4H3. The van der Waals surface area contributed by atoms with Crippen molar-refractivity contribution in [1.29, 1.82) is 0 Å². The summed E-state index contributed by atoms with van der Waals surface area (Å²) < 4.78 is 5.21. The molecule has 1 unspecified atom stereocenters. The van der Waals surface area contributed by atoms with E-state index in [1.54, 1.807) is 17.3 Å². The van der Waals surface area contributed by atoms with E-state index in [9.17, 15) is 0 Å². The fourth-order valence-corrected chi connectivity index (χ4v) is 0.843. The molecule has 1 heterocycles. The highest BCUT2D eigenvalue weighted by Gasteiger charge is 2.43. The lowest BCUT2D eigenvalue weighted by molar-refractivity contribution is 0.326. The van der Waals surface area contributed by atoms with E-state index in [1.807, 2.05) is 6.92 Å². The van der Waals surface area contributed by atoms with Crippen molar-refractivity contribution in [3.8, 4) is 0 Å². The molecule has 0 saturated carbocycles. The number of rotatable bonds is 4. The molecule has 0 radical (unpaired) electrons. The highest BCUT2D eigenvalue weighted by molar-refractivity contribution is 5.20. The van der Waals surface area contributed by atoms with Crippen molar-refractivity contribution >= 4 is 0 Å². The van der Waals surface area contributed by atoms with Crippen LogP contribution < -0.4 is 0 Å². The molecule has 0 aromatic carbocycles. The van der Waals surface area contributed by atoms with Crippen LogP contribution >= 0.6 is 0 Å². The highest BCUT2D eigenvalue weighted by atomic mass is 16.6. The predicted octanol–water partition coefficient (Wildman–Crippen LogP) is 1.88. The molecular formula is C9H13NO. The first-order chi connectivity index (χ1) is 5.14. The van der Waals surface area contributed by atoms with Gasteiger partial charge in [-0.05, 0) is 6.92 Å². The molecular weight excluding hydrogens is 138 g/mol. The van der Waals surface area contributed by atoms with Crippen LogP contribution in [0.5, 0.6) is 0 Å². The summed E-state index contributed by atoms with van der Waals surface area (Å²) in [5.41, 5.74) is 0.713. The van der Waals surface area contributed by atoms with Crippen molar-refractivity contribution in [3.05, 3.63) is 37.8 Å². The quantitative estimate of drug-likeness (QED) is 0.570. The number of ether oxygens (including phenoxy) is 1. The van der Waals surface area contributed by atoms with E-state index in [0.29, 0.717) is 0 Å². The summed E-state index contributed by atoms with van der Waals surface area (Å²) >= 11 is 0. The summed E-state index contributed by atoms with van der Waals surface area (Å²) in [5.74, 6) is 0. The Bertz CT molecular complexity index is 196. The zero-order chi connectivity index (χ0) is 8.48. The van der Waals surface area contributed by atoms with Gasteiger partial charge in [0.15, 0.2) is 0 Å². The summed E-state index contributed by atoms with van der Waals surface area (Å²) in [6.07, 6.45) is 3.34. The summed E-state index contributed by atoms with van der Waals surface area (Å²) in [7, 11) is 0. The van der Waals surface area contributed by atoms with Gasteiger partial charge in [-0.2, -0.15) is 0 Å². The molecule has 0 spiro atoms. The van der Waals surface area contributed by atoms with E-state index < -0.39 is 0 Å². The second-order valence-electron chi connectivity index (χ2n) is 2.74. The Morgan fingerprint density at radius 3 is 2.27 bits per heavy atom. The number of hydrogen-bond acceptors (Lipinski definition) is 2. The van der Waals surface area contributed by atoms with Gasteiger partial charge in [-0.1, -0.05) is 19.7 Å². The molecule has 0 aromatic rings. The third-order valence-corrected chi connectivity index (χ3v) is 1.89. The minimum atomic E-state index is -0.178. The van der Waals surface area contributed by atoms with Crippen LogP contribution in [0.4, 0.5) is 0 Å². The van der Waals surface area contributed by atoms with E-state index in [2.05, 4.69) is 19.7 Å². The smallest absolute Gasteiger partial charge is 0.128 e. The fourth-order valence-electron chi connectivity index (χ4n) is 0.843. The number of nitrogens with zero attached hydrogens (tertiary/aromatic N) is 1. The van der Waals surface area contributed by atoms with Crippen LogP contribution in [0.25, 0.3) is 0 Å². The largest absolute Gasteiger partial charge is 0.363 e. The maximum atomic E-state index is 5.21. The molecule has 0 aromatic heterocycles. The zero-order valence-corrected chi connectivity index (χ0v) is 6.84. The van der Waals surface area contributed by atoms with Crippen LogP contribution in [0.3, 0.4) is 0 Å². The molecule has 0 amide bonds. The van der Waals surface area contributed by atoms with Crippen molar-refractivity contribution in [2.45, 2.75) is 12.5 Å². The first-order valence-corrected chi connectivity index (χ1v) is 3.51. The van der Waals surface area contributed by atoms with Crippen molar-refractivity contribution in [2.24, 2.45) is 0 Å². The highest BCUT2D eigenvalue weighted by Crippen LogP contribution is 2.35. The van der Waals surface area contributed by atoms with E-state index in [4.69, 9.17) is 4.74 Å². The Labute approximate surface area is 67.5 Å². The van der Waals surface area contributed by atoms with Gasteiger partial charge in [-0.25, -0.2) is 0 Å². The minimum Gasteiger partial charge on any atom is -0.363 e. The number of epoxide rings is 1. The third kappa shape index (κ3) is 1.35. The second kappa shape index (κ2) is 2.55. The zero-order valence-electron chi connectivity index (χ0n) is 6.84. The summed E-state index contributed by atoms with van der Waals surface area (Å²) in [6, 6.07) is 0. The Hall–Kier alpha value is -1.02. The molecule has 0 aliphatic carbocycles. The van der Waals surface area contributed by atoms with Crippen LogP contribution in [0.2, 0.25) is 0 Å². The lowest BCUT2D eigenvalue weighted by atomic mass is 10.1. The Morgan fingerprint density at radius 1 is 1.55 bits per heavy atom. The van der Waals surface area contributed by atoms with Gasteiger partial charge in [0.1, 0.15) is 5.60 Å². The average molecular weight is 151 g/mol. The molecule has 1 rings (SSSR count). The van der Waals surface area contributed by atoms with Gasteiger partial charge >= 0.3 is 0 Å². The maximum absolute atomic E-state index is 5.21. The number of hydrogen-bond donors (Lipinski definition) is 0. The normalized spacial score (nSPS) is 27.4. The fraction of sp³-hybridized carbons (Fsp3) is 0.333. The van der Waals surface area contributed by atoms with E-state index in [0.717, 1.165) is 12.3 Å². The maximum Gasteiger partial charge on any atom is 0.128 e. The summed E-state index contributed by atoms with van der Waals surface area (Å²) in [5, 5.41) is 0. The molecule has 1 atom stereocenters. The topological polar surface area (TPSA) is 15.8 Å². The average Bonchev–Trinajstić information content (AvgIpc) is 2.72. The van der Waals surface area contributed by atoms with Crippen molar-refractivity contribution in [3.63, 3.8) is 0 Å². The lowest BCUT2D eigenvalue weighted by Crippen LogP contribution is -2.20. The first-order valence-electron chi connectivity index (χ1n) is 3.51. The molecule has 1 aliphatic heterocycles. The lowest BCUT2D eigenvalue weighted by Gasteiger charge is -2.20. The molecule has 1 saturated heterocycles. The third-order valence-electron chi connectivity index (χ3n) is 1.89. The van der Waals surface area contributed by atoms with Crippen molar-refractivity contribution in [2.75, 3.05) is 6.61 Å². The summed E-state index contributed by atoms with van der Waals surface area (Å²) in [6.45, 7) is 13.9. The summed E-state index contributed by atoms with van der Waals surface area (Å²) in [4.78, 5) is 1.77. The van der Waals surface area contributed by atoms with Crippen LogP contribution in [0.15, 0.2) is 37.8 Å². The monoisotopic (exact) mass is 151 g/mol. The predicted molar refractivity (Wildman–Crippen MR) is 45.7 cm³/mol. The molecule has 60 valence electrons. The van der Waals surface area contributed by atoms with Gasteiger partial charge in [0, 0.05) is 18.1 Å². The van der Waals surface area contributed by atoms with Crippen molar-refractivity contribution in [1.82, 2.24) is 4.90 Å². The second-order valence-corrected chi connectivity index (χ2v) is 2.74. The Kier molecular flexibility index (Phi) is 1.87. The van der Waals surface area contributed by atoms with Crippen LogP contribution in [-0.4, -0.2) is 17.1 Å². The molecule has 0 bridgehead atoms. The molecule has 2 heteroatoms. The Balaban J connectivity index is 2.65. The van der Waals surface area contributed by atoms with Crippen LogP contribution in [0.1, 0.15) is 6.92 Å². The molecule has 1 fully saturated rings. The van der Waals surface area contributed by atoms with Gasteiger partial charge in [0.2, 0.25) is 0 Å². The van der Waals surface area contributed by atoms with Gasteiger partial charge < -0.3 is 9.64 Å². The van der Waals surface area contributed by atoms with E-state index >= 15 is 0 Å². The van der Waals surface area contributed by atoms with Gasteiger partial charge in [0.05, 0.1) is 6.61 Å². The van der Waals surface area contributed by atoms with E-state index in [1.165, 1.54) is 0 Å². The van der Waals surface area contributed by atoms with Crippen molar-refractivity contribution < 1.29 is 4.74 Å². The Morgan fingerprint density at radius 2 is 2.00 bits per heavy atom. The van der Waals surface area contributed by atoms with Crippen LogP contribution in [-0.2, 0) is 4.74 Å². The van der Waals surface area contributed by atoms with Gasteiger partial charge in [-0.15, -0.1) is 0 Å². The van der Waals surface area contributed by atoms with Gasteiger partial charge in [0.25, 0.3) is 0 Å². The SMILES string of the molecule is C=CN(C=C)C(=C)C1(C)CO1. The molecule has 2 nitrogen and oxygen atoms in total. The van der Waals surface area contributed by atoms with Gasteiger partial charge in [-0.3, -0.25) is 0 Å². The molecule has 0 N–H and O–H groups in total. The molecule has 11 heavy (non-hydrogen) atoms. The van der Waals surface area contributed by atoms with E-state index in [-0.39, 0.29) is 5.60 Å². The van der Waals surface area contributed by atoms with Crippen LogP contribution in [0, 0.1) is 0 Å². The molecule has 1 aliphatic rings. The first kappa shape index (κ1) is 8.08. The minimum absolute atomic E-state index is 0.178.